The first-order chi connectivity index (χ1) is 12.6. The average Bonchev–Trinajstić information content (AvgIpc) is 3.12. The van der Waals surface area contributed by atoms with Gasteiger partial charge in [0.2, 0.25) is 0 Å². The molecule has 0 bridgehead atoms. The van der Waals surface area contributed by atoms with Crippen LogP contribution in [0.2, 0.25) is 10.0 Å². The Labute approximate surface area is 162 Å². The molecule has 0 saturated carbocycles. The molecular formula is C21H19Cl2NO2. The summed E-state index contributed by atoms with van der Waals surface area (Å²) in [6.07, 6.45) is 7.07. The lowest BCUT2D eigenvalue weighted by atomic mass is 9.76. The van der Waals surface area contributed by atoms with E-state index in [0.29, 0.717) is 17.2 Å². The monoisotopic (exact) mass is 387 g/mol. The average molecular weight is 388 g/mol. The summed E-state index contributed by atoms with van der Waals surface area (Å²) < 4.78 is 5.84. The van der Waals surface area contributed by atoms with Gasteiger partial charge in [0, 0.05) is 16.5 Å². The topological polar surface area (TPSA) is 41.5 Å². The summed E-state index contributed by atoms with van der Waals surface area (Å²) in [5, 5.41) is 14.9. The van der Waals surface area contributed by atoms with Gasteiger partial charge in [0.15, 0.2) is 0 Å². The van der Waals surface area contributed by atoms with Gasteiger partial charge in [0.1, 0.15) is 18.1 Å². The molecule has 2 aliphatic rings. The fourth-order valence-corrected chi connectivity index (χ4v) is 4.50. The molecule has 0 fully saturated rings. The highest BCUT2D eigenvalue weighted by Crippen LogP contribution is 2.54. The Morgan fingerprint density at radius 1 is 1.27 bits per heavy atom. The second-order valence-corrected chi connectivity index (χ2v) is 7.46. The number of hydrogen-bond donors (Lipinski definition) is 2. The molecule has 2 aromatic rings. The van der Waals surface area contributed by atoms with Crippen LogP contribution in [0, 0.1) is 5.92 Å². The zero-order valence-corrected chi connectivity index (χ0v) is 15.6. The number of nitrogens with one attached hydrogen (secondary N) is 1. The minimum absolute atomic E-state index is 0.0761. The van der Waals surface area contributed by atoms with Crippen LogP contribution in [0.15, 0.2) is 55.1 Å². The van der Waals surface area contributed by atoms with Crippen LogP contribution < -0.4 is 10.1 Å². The first-order valence-corrected chi connectivity index (χ1v) is 9.33. The Hall–Kier alpha value is -2.10. The van der Waals surface area contributed by atoms with Crippen molar-refractivity contribution in [3.05, 3.63) is 76.3 Å². The molecule has 1 heterocycles. The molecule has 134 valence electrons. The summed E-state index contributed by atoms with van der Waals surface area (Å²) in [6, 6.07) is 9.30. The molecule has 2 aromatic carbocycles. The Morgan fingerprint density at radius 3 is 2.92 bits per heavy atom. The van der Waals surface area contributed by atoms with Crippen molar-refractivity contribution in [2.45, 2.75) is 18.4 Å². The molecule has 0 spiro atoms. The third kappa shape index (κ3) is 2.85. The second kappa shape index (κ2) is 6.90. The van der Waals surface area contributed by atoms with E-state index >= 15 is 0 Å². The Morgan fingerprint density at radius 2 is 2.12 bits per heavy atom. The normalized spacial score (nSPS) is 23.1. The third-order valence-electron chi connectivity index (χ3n) is 5.11. The number of rotatable bonds is 4. The molecule has 2 N–H and O–H groups in total. The first-order valence-electron chi connectivity index (χ1n) is 8.58. The maximum Gasteiger partial charge on any atom is 0.143 e. The summed E-state index contributed by atoms with van der Waals surface area (Å²) in [6.45, 7) is 4.15. The van der Waals surface area contributed by atoms with Crippen molar-refractivity contribution in [2.75, 3.05) is 11.9 Å². The standard InChI is InChI=1S/C21H19Cl2NO2/c1-2-9-26-18-8-4-7-15-13-5-3-6-14(13)19(24-20(15)18)16-10-12(22)11-17(23)21(16)25/h2-5,7-8,10-11,13-14,19,24-25H,1,6,9H2. The van der Waals surface area contributed by atoms with Gasteiger partial charge >= 0.3 is 0 Å². The molecule has 1 aliphatic carbocycles. The molecule has 4 rings (SSSR count). The first kappa shape index (κ1) is 17.3. The number of phenols is 1. The smallest absolute Gasteiger partial charge is 0.143 e. The number of fused-ring (bicyclic) bond motifs is 3. The molecule has 5 heteroatoms. The number of anilines is 1. The van der Waals surface area contributed by atoms with E-state index < -0.39 is 0 Å². The van der Waals surface area contributed by atoms with E-state index in [1.165, 1.54) is 5.56 Å². The van der Waals surface area contributed by atoms with Gasteiger partial charge in [-0.05, 0) is 36.1 Å². The van der Waals surface area contributed by atoms with E-state index in [4.69, 9.17) is 27.9 Å². The molecule has 3 atom stereocenters. The van der Waals surface area contributed by atoms with Gasteiger partial charge in [-0.2, -0.15) is 0 Å². The highest BCUT2D eigenvalue weighted by Gasteiger charge is 2.40. The molecular weight excluding hydrogens is 369 g/mol. The fraction of sp³-hybridized carbons (Fsp3) is 0.238. The summed E-state index contributed by atoms with van der Waals surface area (Å²) in [7, 11) is 0. The van der Waals surface area contributed by atoms with Crippen LogP contribution in [-0.4, -0.2) is 11.7 Å². The van der Waals surface area contributed by atoms with Crippen LogP contribution in [0.25, 0.3) is 0 Å². The zero-order chi connectivity index (χ0) is 18.3. The summed E-state index contributed by atoms with van der Waals surface area (Å²) in [4.78, 5) is 0. The van der Waals surface area contributed by atoms with E-state index in [2.05, 4.69) is 30.1 Å². The van der Waals surface area contributed by atoms with Crippen molar-refractivity contribution in [1.82, 2.24) is 0 Å². The Balaban J connectivity index is 1.82. The quantitative estimate of drug-likeness (QED) is 0.623. The van der Waals surface area contributed by atoms with Gasteiger partial charge in [-0.3, -0.25) is 0 Å². The lowest BCUT2D eigenvalue weighted by Gasteiger charge is -2.38. The van der Waals surface area contributed by atoms with Crippen molar-refractivity contribution in [1.29, 1.82) is 0 Å². The number of halogens is 2. The van der Waals surface area contributed by atoms with Gasteiger partial charge in [-0.25, -0.2) is 0 Å². The van der Waals surface area contributed by atoms with Crippen molar-refractivity contribution in [2.24, 2.45) is 5.92 Å². The van der Waals surface area contributed by atoms with E-state index in [0.717, 1.165) is 17.9 Å². The van der Waals surface area contributed by atoms with Crippen molar-refractivity contribution >= 4 is 28.9 Å². The predicted octanol–water partition coefficient (Wildman–Crippen LogP) is 6.09. The van der Waals surface area contributed by atoms with Crippen LogP contribution in [0.3, 0.4) is 0 Å². The maximum atomic E-state index is 10.6. The number of para-hydroxylation sites is 1. The highest BCUT2D eigenvalue weighted by atomic mass is 35.5. The molecule has 3 unspecified atom stereocenters. The van der Waals surface area contributed by atoms with Crippen molar-refractivity contribution in [3.8, 4) is 11.5 Å². The van der Waals surface area contributed by atoms with E-state index in [-0.39, 0.29) is 28.6 Å². The van der Waals surface area contributed by atoms with Gasteiger partial charge in [0.25, 0.3) is 0 Å². The minimum atomic E-state index is -0.118. The molecule has 0 radical (unpaired) electrons. The van der Waals surface area contributed by atoms with Crippen LogP contribution in [0.4, 0.5) is 5.69 Å². The highest BCUT2D eigenvalue weighted by molar-refractivity contribution is 6.35. The Bertz CT molecular complexity index is 894. The zero-order valence-electron chi connectivity index (χ0n) is 14.1. The van der Waals surface area contributed by atoms with Crippen molar-refractivity contribution < 1.29 is 9.84 Å². The number of phenolic OH excluding ortho intramolecular Hbond substituents is 1. The number of aromatic hydroxyl groups is 1. The van der Waals surface area contributed by atoms with Crippen LogP contribution in [-0.2, 0) is 0 Å². The minimum Gasteiger partial charge on any atom is -0.506 e. The molecule has 26 heavy (non-hydrogen) atoms. The molecule has 1 aliphatic heterocycles. The summed E-state index contributed by atoms with van der Waals surface area (Å²) in [5.41, 5.74) is 2.86. The number of ether oxygens (including phenoxy) is 1. The van der Waals surface area contributed by atoms with Gasteiger partial charge in [-0.15, -0.1) is 0 Å². The lowest BCUT2D eigenvalue weighted by molar-refractivity contribution is 0.356. The van der Waals surface area contributed by atoms with Gasteiger partial charge in [-0.1, -0.05) is 60.1 Å². The molecule has 0 saturated heterocycles. The summed E-state index contributed by atoms with van der Waals surface area (Å²) >= 11 is 12.4. The maximum absolute atomic E-state index is 10.6. The van der Waals surface area contributed by atoms with Crippen molar-refractivity contribution in [3.63, 3.8) is 0 Å². The largest absolute Gasteiger partial charge is 0.506 e. The molecule has 0 aromatic heterocycles. The number of allylic oxidation sites excluding steroid dienone is 2. The number of hydrogen-bond acceptors (Lipinski definition) is 3. The molecule has 0 amide bonds. The summed E-state index contributed by atoms with van der Waals surface area (Å²) in [5.74, 6) is 1.38. The third-order valence-corrected chi connectivity index (χ3v) is 5.61. The van der Waals surface area contributed by atoms with E-state index in [1.54, 1.807) is 18.2 Å². The van der Waals surface area contributed by atoms with Gasteiger partial charge < -0.3 is 15.2 Å². The number of benzene rings is 2. The van der Waals surface area contributed by atoms with Crippen LogP contribution in [0.5, 0.6) is 11.5 Å². The lowest BCUT2D eigenvalue weighted by Crippen LogP contribution is -2.29. The second-order valence-electron chi connectivity index (χ2n) is 6.62. The molecule has 3 nitrogen and oxygen atoms in total. The van der Waals surface area contributed by atoms with E-state index in [9.17, 15) is 5.11 Å². The fourth-order valence-electron chi connectivity index (χ4n) is 3.99. The van der Waals surface area contributed by atoms with E-state index in [1.807, 2.05) is 12.1 Å². The van der Waals surface area contributed by atoms with Crippen LogP contribution in [0.1, 0.15) is 29.5 Å². The predicted molar refractivity (Wildman–Crippen MR) is 107 cm³/mol. The Kier molecular flexibility index (Phi) is 4.60. The van der Waals surface area contributed by atoms with Gasteiger partial charge in [0.05, 0.1) is 16.8 Å². The van der Waals surface area contributed by atoms with Crippen LogP contribution >= 0.6 is 23.2 Å². The SMILES string of the molecule is C=CCOc1cccc2c1NC(c1cc(Cl)cc(Cl)c1O)C1CC=CC21.